The van der Waals surface area contributed by atoms with E-state index in [-0.39, 0.29) is 35.7 Å². The Kier molecular flexibility index (Phi) is 13.7. The monoisotopic (exact) mass is 766 g/mol. The van der Waals surface area contributed by atoms with Crippen LogP contribution in [0.1, 0.15) is 45.7 Å². The van der Waals surface area contributed by atoms with Gasteiger partial charge in [-0.1, -0.05) is 42.1 Å². The molecule has 1 fully saturated rings. The minimum atomic E-state index is -0.466. The van der Waals surface area contributed by atoms with Gasteiger partial charge < -0.3 is 29.6 Å². The summed E-state index contributed by atoms with van der Waals surface area (Å²) < 4.78 is 21.7. The molecule has 1 heterocycles. The van der Waals surface area contributed by atoms with Gasteiger partial charge in [0.05, 0.1) is 35.5 Å². The predicted octanol–water partition coefficient (Wildman–Crippen LogP) is 6.31. The lowest BCUT2D eigenvalue weighted by molar-refractivity contribution is -0.122. The maximum absolute atomic E-state index is 13.4. The first-order valence-corrected chi connectivity index (χ1v) is 17.8. The third-order valence-electron chi connectivity index (χ3n) is 7.29. The third kappa shape index (κ3) is 10.6. The molecule has 54 heavy (non-hydrogen) atoms. The van der Waals surface area contributed by atoms with E-state index in [0.29, 0.717) is 45.1 Å². The molecule has 0 spiro atoms. The number of thioether (sulfide) groups is 1. The lowest BCUT2D eigenvalue weighted by atomic mass is 10.2. The molecule has 3 amide bonds. The van der Waals surface area contributed by atoms with Crippen LogP contribution in [0.3, 0.4) is 0 Å². The molecule has 5 rings (SSSR count). The number of carbonyl (C=O) groups is 5. The first-order chi connectivity index (χ1) is 26.1. The molecule has 0 unspecified atom stereocenters. The van der Waals surface area contributed by atoms with E-state index in [1.807, 2.05) is 0 Å². The van der Waals surface area contributed by atoms with Crippen LogP contribution in [0, 0.1) is 0 Å². The normalized spacial score (nSPS) is 13.1. The molecular formula is C39H34N4O9S2. The van der Waals surface area contributed by atoms with Crippen molar-refractivity contribution >= 4 is 81.6 Å². The van der Waals surface area contributed by atoms with Crippen LogP contribution in [0.15, 0.2) is 107 Å². The zero-order chi connectivity index (χ0) is 38.5. The number of nitrogens with zero attached hydrogens (tertiary/aromatic N) is 2. The highest BCUT2D eigenvalue weighted by Crippen LogP contribution is 2.34. The fourth-order valence-corrected chi connectivity index (χ4v) is 5.92. The smallest absolute Gasteiger partial charge is 0.338 e. The van der Waals surface area contributed by atoms with E-state index in [4.69, 9.17) is 31.2 Å². The van der Waals surface area contributed by atoms with Crippen molar-refractivity contribution in [2.45, 2.75) is 13.8 Å². The van der Waals surface area contributed by atoms with Gasteiger partial charge in [-0.05, 0) is 98.9 Å². The van der Waals surface area contributed by atoms with Crippen molar-refractivity contribution < 1.29 is 42.9 Å². The van der Waals surface area contributed by atoms with E-state index < -0.39 is 29.7 Å². The highest BCUT2D eigenvalue weighted by molar-refractivity contribution is 8.26. The molecule has 1 saturated heterocycles. The van der Waals surface area contributed by atoms with Crippen LogP contribution < -0.4 is 20.1 Å². The molecular weight excluding hydrogens is 733 g/mol. The van der Waals surface area contributed by atoms with E-state index in [1.54, 1.807) is 117 Å². The number of anilines is 2. The third-order valence-corrected chi connectivity index (χ3v) is 8.57. The topological polar surface area (TPSA) is 162 Å². The molecule has 0 saturated carbocycles. The second-order valence-corrected chi connectivity index (χ2v) is 12.8. The van der Waals surface area contributed by atoms with E-state index >= 15 is 0 Å². The number of hydrogen-bond donors (Lipinski definition) is 2. The molecule has 1 aliphatic heterocycles. The standard InChI is InChI=1S/C39H34N4O9S2/c1-3-49-37(47)25-13-17-29(18-14-25)41-34(44)23-51-31-11-7-5-9-27(31)21-33-36(46)43(39(53)54-33)40-22-28-10-6-8-12-32(28)52-24-35(45)42-30-19-15-26(16-20-30)38(48)50-4-2/h5-22H,3-4,23-24H2,1-2H3,(H,41,44)(H,42,45)/b33-21+,40-22-. The van der Waals surface area contributed by atoms with Crippen molar-refractivity contribution in [2.75, 3.05) is 37.1 Å². The Morgan fingerprint density at radius 2 is 1.17 bits per heavy atom. The molecule has 0 aromatic heterocycles. The van der Waals surface area contributed by atoms with Gasteiger partial charge in [-0.15, -0.1) is 0 Å². The number of rotatable bonds is 15. The number of thiocarbonyl (C=S) groups is 1. The van der Waals surface area contributed by atoms with Gasteiger partial charge in [0.2, 0.25) is 0 Å². The summed E-state index contributed by atoms with van der Waals surface area (Å²) in [7, 11) is 0. The van der Waals surface area contributed by atoms with Crippen molar-refractivity contribution in [1.29, 1.82) is 0 Å². The highest BCUT2D eigenvalue weighted by Gasteiger charge is 2.32. The van der Waals surface area contributed by atoms with Crippen LogP contribution in [0.25, 0.3) is 6.08 Å². The summed E-state index contributed by atoms with van der Waals surface area (Å²) in [5.41, 5.74) is 2.72. The molecule has 0 atom stereocenters. The second-order valence-electron chi connectivity index (χ2n) is 11.1. The van der Waals surface area contributed by atoms with Crippen LogP contribution in [0.5, 0.6) is 11.5 Å². The van der Waals surface area contributed by atoms with Gasteiger partial charge in [-0.25, -0.2) is 9.59 Å². The number of hydrazone groups is 1. The molecule has 1 aliphatic rings. The maximum atomic E-state index is 13.4. The van der Waals surface area contributed by atoms with E-state index in [9.17, 15) is 24.0 Å². The van der Waals surface area contributed by atoms with Crippen molar-refractivity contribution in [2.24, 2.45) is 5.10 Å². The minimum absolute atomic E-state index is 0.195. The van der Waals surface area contributed by atoms with Crippen LogP contribution in [-0.4, -0.2) is 71.6 Å². The Labute approximate surface area is 320 Å². The highest BCUT2D eigenvalue weighted by atomic mass is 32.2. The molecule has 0 aliphatic carbocycles. The van der Waals surface area contributed by atoms with Crippen LogP contribution in [0.2, 0.25) is 0 Å². The Balaban J connectivity index is 1.17. The van der Waals surface area contributed by atoms with Crippen molar-refractivity contribution in [3.05, 3.63) is 124 Å². The zero-order valence-electron chi connectivity index (χ0n) is 29.1. The summed E-state index contributed by atoms with van der Waals surface area (Å²) in [4.78, 5) is 62.6. The van der Waals surface area contributed by atoms with E-state index in [0.717, 1.165) is 16.8 Å². The molecule has 4 aromatic rings. The number of ether oxygens (including phenoxy) is 4. The first-order valence-electron chi connectivity index (χ1n) is 16.5. The average molecular weight is 767 g/mol. The predicted molar refractivity (Wildman–Crippen MR) is 209 cm³/mol. The van der Waals surface area contributed by atoms with Crippen LogP contribution in [-0.2, 0) is 23.9 Å². The number of carbonyl (C=O) groups excluding carboxylic acids is 5. The zero-order valence-corrected chi connectivity index (χ0v) is 30.7. The van der Waals surface area contributed by atoms with Gasteiger partial charge in [0.25, 0.3) is 17.7 Å². The molecule has 4 aromatic carbocycles. The molecule has 276 valence electrons. The molecule has 0 bridgehead atoms. The van der Waals surface area contributed by atoms with E-state index in [1.165, 1.54) is 6.21 Å². The number of amides is 3. The Hall–Kier alpha value is -6.32. The quantitative estimate of drug-likeness (QED) is 0.0604. The summed E-state index contributed by atoms with van der Waals surface area (Å²) in [6.07, 6.45) is 3.02. The van der Waals surface area contributed by atoms with Gasteiger partial charge in [-0.3, -0.25) is 14.4 Å². The van der Waals surface area contributed by atoms with Crippen molar-refractivity contribution in [3.8, 4) is 11.5 Å². The van der Waals surface area contributed by atoms with Gasteiger partial charge in [0, 0.05) is 22.5 Å². The lowest BCUT2D eigenvalue weighted by Crippen LogP contribution is -2.22. The first kappa shape index (κ1) is 38.9. The molecule has 15 heteroatoms. The van der Waals surface area contributed by atoms with Gasteiger partial charge in [-0.2, -0.15) is 10.1 Å². The number of para-hydroxylation sites is 2. The summed E-state index contributed by atoms with van der Waals surface area (Å²) in [5, 5.41) is 10.8. The summed E-state index contributed by atoms with van der Waals surface area (Å²) in [6, 6.07) is 26.3. The van der Waals surface area contributed by atoms with Crippen LogP contribution in [0.4, 0.5) is 11.4 Å². The lowest BCUT2D eigenvalue weighted by Gasteiger charge is -2.11. The second kappa shape index (κ2) is 19.0. The molecule has 0 radical (unpaired) electrons. The average Bonchev–Trinajstić information content (AvgIpc) is 3.44. The fraction of sp³-hybridized carbons (Fsp3) is 0.154. The summed E-state index contributed by atoms with van der Waals surface area (Å²) in [6.45, 7) is 3.32. The van der Waals surface area contributed by atoms with Gasteiger partial charge in [0.15, 0.2) is 17.5 Å². The molecule has 2 N–H and O–H groups in total. The number of esters is 2. The van der Waals surface area contributed by atoms with E-state index in [2.05, 4.69) is 15.7 Å². The van der Waals surface area contributed by atoms with Crippen molar-refractivity contribution in [1.82, 2.24) is 5.01 Å². The van der Waals surface area contributed by atoms with Gasteiger partial charge in [0.1, 0.15) is 11.5 Å². The maximum Gasteiger partial charge on any atom is 0.338 e. The number of benzene rings is 4. The SMILES string of the molecule is CCOC(=O)c1ccc(NC(=O)COc2ccccc2/C=N\N2C(=O)/C(=C\c3ccccc3OCC(=O)Nc3ccc(C(=O)OCC)cc3)SC2=S)cc1. The van der Waals surface area contributed by atoms with Crippen LogP contribution >= 0.6 is 24.0 Å². The molecule has 13 nitrogen and oxygen atoms in total. The Morgan fingerprint density at radius 1 is 0.704 bits per heavy atom. The summed E-state index contributed by atoms with van der Waals surface area (Å²) >= 11 is 6.51. The number of nitrogens with one attached hydrogen (secondary N) is 2. The largest absolute Gasteiger partial charge is 0.483 e. The Morgan fingerprint density at radius 3 is 1.67 bits per heavy atom. The number of hydrogen-bond acceptors (Lipinski definition) is 12. The minimum Gasteiger partial charge on any atom is -0.483 e. The fourth-order valence-electron chi connectivity index (χ4n) is 4.76. The Bertz CT molecular complexity index is 2100. The van der Waals surface area contributed by atoms with Crippen molar-refractivity contribution in [3.63, 3.8) is 0 Å². The van der Waals surface area contributed by atoms with Gasteiger partial charge >= 0.3 is 11.9 Å². The summed E-state index contributed by atoms with van der Waals surface area (Å²) in [5.74, 6) is -1.52.